The third-order valence-corrected chi connectivity index (χ3v) is 2.03. The van der Waals surface area contributed by atoms with E-state index in [0.29, 0.717) is 0 Å². The van der Waals surface area contributed by atoms with Gasteiger partial charge in [0.25, 0.3) is 0 Å². The van der Waals surface area contributed by atoms with Gasteiger partial charge in [-0.25, -0.2) is 0 Å². The van der Waals surface area contributed by atoms with Gasteiger partial charge in [0.2, 0.25) is 0 Å². The largest absolute Gasteiger partial charge is 0.321 e. The second kappa shape index (κ2) is 4.07. The summed E-state index contributed by atoms with van der Waals surface area (Å²) >= 11 is 0. The SMILES string of the molecule is C=C[C@@H](N)c1ccc(CC)cc1. The molecule has 0 saturated carbocycles. The summed E-state index contributed by atoms with van der Waals surface area (Å²) in [6.45, 7) is 5.80. The third kappa shape index (κ3) is 1.95. The Morgan fingerprint density at radius 2 is 2.00 bits per heavy atom. The molecule has 0 heterocycles. The van der Waals surface area contributed by atoms with Crippen LogP contribution < -0.4 is 5.73 Å². The second-order valence-corrected chi connectivity index (χ2v) is 2.86. The van der Waals surface area contributed by atoms with Crippen LogP contribution in [0.1, 0.15) is 24.1 Å². The minimum absolute atomic E-state index is 0.0316. The Hall–Kier alpha value is -1.08. The van der Waals surface area contributed by atoms with Gasteiger partial charge in [-0.1, -0.05) is 37.3 Å². The quantitative estimate of drug-likeness (QED) is 0.677. The first-order chi connectivity index (χ1) is 5.77. The molecule has 1 aromatic rings. The van der Waals surface area contributed by atoms with Crippen LogP contribution in [0.4, 0.5) is 0 Å². The Morgan fingerprint density at radius 1 is 1.42 bits per heavy atom. The summed E-state index contributed by atoms with van der Waals surface area (Å²) in [6, 6.07) is 8.31. The second-order valence-electron chi connectivity index (χ2n) is 2.86. The summed E-state index contributed by atoms with van der Waals surface area (Å²) in [7, 11) is 0. The summed E-state index contributed by atoms with van der Waals surface area (Å²) in [5.74, 6) is 0. The van der Waals surface area contributed by atoms with Crippen LogP contribution in [0.25, 0.3) is 0 Å². The van der Waals surface area contributed by atoms with Gasteiger partial charge in [0.05, 0.1) is 0 Å². The van der Waals surface area contributed by atoms with Gasteiger partial charge in [0, 0.05) is 6.04 Å². The molecule has 0 spiro atoms. The average Bonchev–Trinajstić information content (AvgIpc) is 2.17. The van der Waals surface area contributed by atoms with Gasteiger partial charge in [-0.3, -0.25) is 0 Å². The van der Waals surface area contributed by atoms with Crippen molar-refractivity contribution in [3.05, 3.63) is 48.0 Å². The maximum absolute atomic E-state index is 5.77. The van der Waals surface area contributed by atoms with Crippen molar-refractivity contribution < 1.29 is 0 Å². The molecule has 1 nitrogen and oxygen atoms in total. The van der Waals surface area contributed by atoms with Gasteiger partial charge in [-0.05, 0) is 17.5 Å². The van der Waals surface area contributed by atoms with Crippen molar-refractivity contribution in [3.63, 3.8) is 0 Å². The summed E-state index contributed by atoms with van der Waals surface area (Å²) in [5, 5.41) is 0. The lowest BCUT2D eigenvalue weighted by Crippen LogP contribution is -2.05. The van der Waals surface area contributed by atoms with Crippen LogP contribution in [0, 0.1) is 0 Å². The monoisotopic (exact) mass is 161 g/mol. The fraction of sp³-hybridized carbons (Fsp3) is 0.273. The molecule has 0 bridgehead atoms. The molecule has 0 aromatic heterocycles. The third-order valence-electron chi connectivity index (χ3n) is 2.03. The van der Waals surface area contributed by atoms with E-state index in [4.69, 9.17) is 5.73 Å². The highest BCUT2D eigenvalue weighted by molar-refractivity contribution is 5.26. The lowest BCUT2D eigenvalue weighted by Gasteiger charge is -2.06. The predicted molar refractivity (Wildman–Crippen MR) is 52.9 cm³/mol. The van der Waals surface area contributed by atoms with E-state index in [2.05, 4.69) is 37.8 Å². The van der Waals surface area contributed by atoms with Crippen LogP contribution in [-0.2, 0) is 6.42 Å². The van der Waals surface area contributed by atoms with E-state index in [1.807, 2.05) is 0 Å². The zero-order valence-corrected chi connectivity index (χ0v) is 7.46. The minimum atomic E-state index is -0.0316. The molecule has 12 heavy (non-hydrogen) atoms. The molecule has 1 rings (SSSR count). The van der Waals surface area contributed by atoms with E-state index in [0.717, 1.165) is 12.0 Å². The van der Waals surface area contributed by atoms with Gasteiger partial charge < -0.3 is 5.73 Å². The van der Waals surface area contributed by atoms with Gasteiger partial charge in [0.1, 0.15) is 0 Å². The Labute approximate surface area is 73.9 Å². The minimum Gasteiger partial charge on any atom is -0.321 e. The molecule has 0 fully saturated rings. The highest BCUT2D eigenvalue weighted by Gasteiger charge is 1.99. The van der Waals surface area contributed by atoms with Crippen LogP contribution in [-0.4, -0.2) is 0 Å². The van der Waals surface area contributed by atoms with E-state index in [1.54, 1.807) is 6.08 Å². The summed E-state index contributed by atoms with van der Waals surface area (Å²) < 4.78 is 0. The number of benzene rings is 1. The Balaban J connectivity index is 2.84. The van der Waals surface area contributed by atoms with Crippen molar-refractivity contribution in [1.29, 1.82) is 0 Å². The van der Waals surface area contributed by atoms with E-state index in [1.165, 1.54) is 5.56 Å². The molecule has 1 aromatic carbocycles. The van der Waals surface area contributed by atoms with E-state index < -0.39 is 0 Å². The first-order valence-electron chi connectivity index (χ1n) is 4.25. The lowest BCUT2D eigenvalue weighted by molar-refractivity contribution is 0.912. The fourth-order valence-corrected chi connectivity index (χ4v) is 1.11. The molecule has 0 aliphatic carbocycles. The molecule has 0 unspecified atom stereocenters. The first-order valence-corrected chi connectivity index (χ1v) is 4.25. The number of hydrogen-bond acceptors (Lipinski definition) is 1. The Kier molecular flexibility index (Phi) is 3.06. The molecule has 1 atom stereocenters. The standard InChI is InChI=1S/C11H15N/c1-3-9-5-7-10(8-6-9)11(12)4-2/h4-8,11H,2-3,12H2,1H3/t11-/m1/s1. The van der Waals surface area contributed by atoms with Crippen LogP contribution in [0.2, 0.25) is 0 Å². The molecule has 0 aliphatic rings. The number of hydrogen-bond donors (Lipinski definition) is 1. The first kappa shape index (κ1) is 9.01. The Bertz CT molecular complexity index is 248. The summed E-state index contributed by atoms with van der Waals surface area (Å²) in [4.78, 5) is 0. The number of aryl methyl sites for hydroxylation is 1. The maximum atomic E-state index is 5.77. The fourth-order valence-electron chi connectivity index (χ4n) is 1.11. The van der Waals surface area contributed by atoms with Crippen LogP contribution >= 0.6 is 0 Å². The van der Waals surface area contributed by atoms with Gasteiger partial charge in [-0.2, -0.15) is 0 Å². The highest BCUT2D eigenvalue weighted by Crippen LogP contribution is 2.12. The molecule has 0 saturated heterocycles. The molecule has 0 aliphatic heterocycles. The molecule has 0 amide bonds. The lowest BCUT2D eigenvalue weighted by atomic mass is 10.0. The van der Waals surface area contributed by atoms with Gasteiger partial charge >= 0.3 is 0 Å². The number of rotatable bonds is 3. The molecular formula is C11H15N. The van der Waals surface area contributed by atoms with Crippen LogP contribution in [0.15, 0.2) is 36.9 Å². The average molecular weight is 161 g/mol. The van der Waals surface area contributed by atoms with E-state index >= 15 is 0 Å². The van der Waals surface area contributed by atoms with Crippen molar-refractivity contribution in [2.24, 2.45) is 5.73 Å². The predicted octanol–water partition coefficient (Wildman–Crippen LogP) is 2.43. The van der Waals surface area contributed by atoms with E-state index in [-0.39, 0.29) is 6.04 Å². The van der Waals surface area contributed by atoms with Crippen LogP contribution in [0.3, 0.4) is 0 Å². The molecule has 1 heteroatoms. The molecule has 0 radical (unpaired) electrons. The maximum Gasteiger partial charge on any atom is 0.0478 e. The Morgan fingerprint density at radius 3 is 2.42 bits per heavy atom. The smallest absolute Gasteiger partial charge is 0.0478 e. The molecular weight excluding hydrogens is 146 g/mol. The number of nitrogens with two attached hydrogens (primary N) is 1. The topological polar surface area (TPSA) is 26.0 Å². The van der Waals surface area contributed by atoms with E-state index in [9.17, 15) is 0 Å². The highest BCUT2D eigenvalue weighted by atomic mass is 14.6. The zero-order chi connectivity index (χ0) is 8.97. The summed E-state index contributed by atoms with van der Waals surface area (Å²) in [6.07, 6.45) is 2.82. The normalized spacial score (nSPS) is 12.5. The van der Waals surface area contributed by atoms with Crippen molar-refractivity contribution in [2.45, 2.75) is 19.4 Å². The summed E-state index contributed by atoms with van der Waals surface area (Å²) in [5.41, 5.74) is 8.24. The molecule has 64 valence electrons. The van der Waals surface area contributed by atoms with Gasteiger partial charge in [-0.15, -0.1) is 6.58 Å². The van der Waals surface area contributed by atoms with Crippen molar-refractivity contribution in [1.82, 2.24) is 0 Å². The van der Waals surface area contributed by atoms with Gasteiger partial charge in [0.15, 0.2) is 0 Å². The van der Waals surface area contributed by atoms with Crippen molar-refractivity contribution >= 4 is 0 Å². The van der Waals surface area contributed by atoms with Crippen LogP contribution in [0.5, 0.6) is 0 Å². The zero-order valence-electron chi connectivity index (χ0n) is 7.46. The van der Waals surface area contributed by atoms with Crippen molar-refractivity contribution in [2.75, 3.05) is 0 Å². The molecule has 2 N–H and O–H groups in total. The van der Waals surface area contributed by atoms with Crippen molar-refractivity contribution in [3.8, 4) is 0 Å².